The number of fused-ring (bicyclic) bond motifs is 1. The molecular formula is C23H16N4OS2. The maximum atomic E-state index is 12.6. The van der Waals surface area contributed by atoms with Crippen LogP contribution in [0, 0.1) is 0 Å². The van der Waals surface area contributed by atoms with Gasteiger partial charge in [0.05, 0.1) is 20.8 Å². The van der Waals surface area contributed by atoms with Crippen molar-refractivity contribution in [2.24, 2.45) is 0 Å². The third-order valence-corrected chi connectivity index (χ3v) is 6.42. The van der Waals surface area contributed by atoms with Crippen LogP contribution < -0.4 is 10.6 Å². The number of nitrogens with one attached hydrogen (secondary N) is 2. The number of aromatic nitrogens is 2. The van der Waals surface area contributed by atoms with Gasteiger partial charge >= 0.3 is 6.03 Å². The zero-order chi connectivity index (χ0) is 20.3. The van der Waals surface area contributed by atoms with Gasteiger partial charge in [0.15, 0.2) is 10.3 Å². The minimum Gasteiger partial charge on any atom is -0.283 e. The van der Waals surface area contributed by atoms with E-state index in [1.54, 1.807) is 0 Å². The molecule has 5 nitrogen and oxygen atoms in total. The van der Waals surface area contributed by atoms with Gasteiger partial charge in [-0.3, -0.25) is 10.6 Å². The maximum Gasteiger partial charge on any atom is 0.327 e. The van der Waals surface area contributed by atoms with E-state index in [2.05, 4.69) is 15.6 Å². The molecule has 0 spiro atoms. The average Bonchev–Trinajstić information content (AvgIpc) is 3.38. The van der Waals surface area contributed by atoms with Crippen molar-refractivity contribution in [1.29, 1.82) is 0 Å². The van der Waals surface area contributed by atoms with Gasteiger partial charge < -0.3 is 0 Å². The fraction of sp³-hybridized carbons (Fsp3) is 0. The van der Waals surface area contributed by atoms with Crippen LogP contribution in [0.3, 0.4) is 0 Å². The second-order valence-electron chi connectivity index (χ2n) is 6.49. The molecule has 0 saturated heterocycles. The number of thiazole rings is 2. The maximum absolute atomic E-state index is 12.6. The Morgan fingerprint density at radius 1 is 0.667 bits per heavy atom. The Balaban J connectivity index is 1.43. The van der Waals surface area contributed by atoms with Crippen molar-refractivity contribution >= 4 is 49.2 Å². The van der Waals surface area contributed by atoms with Gasteiger partial charge in [0, 0.05) is 5.56 Å². The molecule has 5 aromatic rings. The topological polar surface area (TPSA) is 66.9 Å². The van der Waals surface area contributed by atoms with Gasteiger partial charge in [-0.25, -0.2) is 14.8 Å². The summed E-state index contributed by atoms with van der Waals surface area (Å²) in [5.41, 5.74) is 3.78. The van der Waals surface area contributed by atoms with E-state index in [0.29, 0.717) is 10.3 Å². The number of rotatable bonds is 4. The fourth-order valence-electron chi connectivity index (χ4n) is 3.10. The van der Waals surface area contributed by atoms with Crippen molar-refractivity contribution in [2.75, 3.05) is 10.6 Å². The van der Waals surface area contributed by atoms with Crippen LogP contribution in [0.15, 0.2) is 84.9 Å². The number of carbonyl (C=O) groups is 1. The third-order valence-electron chi connectivity index (χ3n) is 4.45. The molecule has 0 radical (unpaired) electrons. The minimum absolute atomic E-state index is 0.359. The molecule has 2 amide bonds. The molecule has 30 heavy (non-hydrogen) atoms. The van der Waals surface area contributed by atoms with Crippen LogP contribution in [0.4, 0.5) is 15.1 Å². The Bertz CT molecular complexity index is 1220. The smallest absolute Gasteiger partial charge is 0.283 e. The van der Waals surface area contributed by atoms with Gasteiger partial charge in [-0.15, -0.1) is 0 Å². The molecule has 0 aliphatic heterocycles. The van der Waals surface area contributed by atoms with Crippen LogP contribution in [0.2, 0.25) is 0 Å². The normalized spacial score (nSPS) is 10.8. The highest BCUT2D eigenvalue weighted by molar-refractivity contribution is 7.22. The Labute approximate surface area is 181 Å². The second-order valence-corrected chi connectivity index (χ2v) is 8.52. The monoisotopic (exact) mass is 428 g/mol. The molecule has 146 valence electrons. The molecule has 0 aliphatic rings. The lowest BCUT2D eigenvalue weighted by atomic mass is 10.1. The van der Waals surface area contributed by atoms with Gasteiger partial charge in [-0.2, -0.15) is 0 Å². The zero-order valence-electron chi connectivity index (χ0n) is 15.7. The standard InChI is InChI=1S/C23H16N4OS2/c28-21(26-22-24-17-13-7-8-14-18(17)29-22)27-23-25-19(15-9-3-1-4-10-15)20(30-23)16-11-5-2-6-12-16/h1-14H,(H2,24,25,26,27,28). The van der Waals surface area contributed by atoms with Crippen LogP contribution in [-0.4, -0.2) is 16.0 Å². The molecule has 5 rings (SSSR count). The van der Waals surface area contributed by atoms with E-state index in [1.165, 1.54) is 22.7 Å². The summed E-state index contributed by atoms with van der Waals surface area (Å²) in [4.78, 5) is 22.7. The fourth-order valence-corrected chi connectivity index (χ4v) is 4.95. The van der Waals surface area contributed by atoms with E-state index in [9.17, 15) is 4.79 Å². The molecule has 0 atom stereocenters. The number of para-hydroxylation sites is 1. The zero-order valence-corrected chi connectivity index (χ0v) is 17.3. The SMILES string of the molecule is O=C(Nc1nc(-c2ccccc2)c(-c2ccccc2)s1)Nc1nc2ccccc2s1. The lowest BCUT2D eigenvalue weighted by Gasteiger charge is -2.02. The van der Waals surface area contributed by atoms with Crippen LogP contribution in [0.5, 0.6) is 0 Å². The van der Waals surface area contributed by atoms with Crippen molar-refractivity contribution in [1.82, 2.24) is 9.97 Å². The quantitative estimate of drug-likeness (QED) is 0.333. The molecule has 0 aliphatic carbocycles. The number of anilines is 2. The summed E-state index contributed by atoms with van der Waals surface area (Å²) >= 11 is 2.89. The summed E-state index contributed by atoms with van der Waals surface area (Å²) in [5.74, 6) is 0. The lowest BCUT2D eigenvalue weighted by molar-refractivity contribution is 0.262. The number of nitrogens with zero attached hydrogens (tertiary/aromatic N) is 2. The predicted molar refractivity (Wildman–Crippen MR) is 125 cm³/mol. The van der Waals surface area contributed by atoms with Gasteiger partial charge in [0.25, 0.3) is 0 Å². The summed E-state index contributed by atoms with van der Waals surface area (Å²) in [5, 5.41) is 6.76. The lowest BCUT2D eigenvalue weighted by Crippen LogP contribution is -2.19. The molecule has 0 bridgehead atoms. The summed E-state index contributed by atoms with van der Waals surface area (Å²) in [7, 11) is 0. The van der Waals surface area contributed by atoms with Crippen LogP contribution in [0.25, 0.3) is 31.9 Å². The number of carbonyl (C=O) groups excluding carboxylic acids is 1. The summed E-state index contributed by atoms with van der Waals surface area (Å²) in [6.07, 6.45) is 0. The molecule has 0 saturated carbocycles. The Morgan fingerprint density at radius 3 is 1.97 bits per heavy atom. The molecule has 0 unspecified atom stereocenters. The number of hydrogen-bond donors (Lipinski definition) is 2. The van der Waals surface area contributed by atoms with Crippen LogP contribution >= 0.6 is 22.7 Å². The van der Waals surface area contributed by atoms with Crippen LogP contribution in [0.1, 0.15) is 0 Å². The highest BCUT2D eigenvalue weighted by Crippen LogP contribution is 2.39. The number of amides is 2. The number of hydrogen-bond acceptors (Lipinski definition) is 5. The van der Waals surface area contributed by atoms with Crippen LogP contribution in [-0.2, 0) is 0 Å². The summed E-state index contributed by atoms with van der Waals surface area (Å²) in [6, 6.07) is 27.5. The van der Waals surface area contributed by atoms with Crippen molar-refractivity contribution < 1.29 is 4.79 Å². The first kappa shape index (κ1) is 18.5. The van der Waals surface area contributed by atoms with Gasteiger partial charge in [-0.05, 0) is 17.7 Å². The van der Waals surface area contributed by atoms with E-state index in [1.807, 2.05) is 84.9 Å². The molecule has 2 N–H and O–H groups in total. The summed E-state index contributed by atoms with van der Waals surface area (Å²) < 4.78 is 1.03. The van der Waals surface area contributed by atoms with E-state index >= 15 is 0 Å². The first-order valence-electron chi connectivity index (χ1n) is 9.31. The van der Waals surface area contributed by atoms with E-state index < -0.39 is 0 Å². The number of urea groups is 1. The molecule has 3 aromatic carbocycles. The first-order valence-corrected chi connectivity index (χ1v) is 10.9. The molecular weight excluding hydrogens is 412 g/mol. The third kappa shape index (κ3) is 3.80. The highest BCUT2D eigenvalue weighted by Gasteiger charge is 2.17. The van der Waals surface area contributed by atoms with Crippen molar-refractivity contribution in [3.05, 3.63) is 84.9 Å². The van der Waals surface area contributed by atoms with Gasteiger partial charge in [-0.1, -0.05) is 95.5 Å². The summed E-state index contributed by atoms with van der Waals surface area (Å²) in [6.45, 7) is 0. The highest BCUT2D eigenvalue weighted by atomic mass is 32.1. The largest absolute Gasteiger partial charge is 0.327 e. The molecule has 7 heteroatoms. The van der Waals surface area contributed by atoms with Crippen molar-refractivity contribution in [3.63, 3.8) is 0 Å². The number of benzene rings is 3. The predicted octanol–water partition coefficient (Wildman–Crippen LogP) is 6.73. The van der Waals surface area contributed by atoms with E-state index in [-0.39, 0.29) is 6.03 Å². The van der Waals surface area contributed by atoms with E-state index in [4.69, 9.17) is 4.98 Å². The second kappa shape index (κ2) is 8.06. The Morgan fingerprint density at radius 2 is 1.27 bits per heavy atom. The molecule has 2 aromatic heterocycles. The Hall–Kier alpha value is -3.55. The first-order chi connectivity index (χ1) is 14.8. The van der Waals surface area contributed by atoms with Crippen molar-refractivity contribution in [3.8, 4) is 21.7 Å². The minimum atomic E-state index is -0.359. The van der Waals surface area contributed by atoms with E-state index in [0.717, 1.165) is 31.9 Å². The van der Waals surface area contributed by atoms with Gasteiger partial charge in [0.1, 0.15) is 0 Å². The average molecular weight is 429 g/mol. The molecule has 0 fully saturated rings. The molecule has 2 heterocycles. The van der Waals surface area contributed by atoms with Gasteiger partial charge in [0.2, 0.25) is 0 Å². The Kier molecular flexibility index (Phi) is 4.96. The van der Waals surface area contributed by atoms with Crippen molar-refractivity contribution in [2.45, 2.75) is 0 Å².